The van der Waals surface area contributed by atoms with Gasteiger partial charge in [0.1, 0.15) is 0 Å². The number of carbonyl (C=O) groups is 1. The van der Waals surface area contributed by atoms with Gasteiger partial charge in [-0.05, 0) is 18.2 Å². The van der Waals surface area contributed by atoms with E-state index in [0.29, 0.717) is 43.4 Å². The van der Waals surface area contributed by atoms with Crippen molar-refractivity contribution in [3.8, 4) is 11.5 Å². The molecule has 2 aliphatic heterocycles. The number of aliphatic hydroxyl groups is 1. The van der Waals surface area contributed by atoms with E-state index in [2.05, 4.69) is 10.6 Å². The number of benzene rings is 1. The third kappa shape index (κ3) is 3.82. The minimum absolute atomic E-state index is 0. The second-order valence-corrected chi connectivity index (χ2v) is 5.41. The Morgan fingerprint density at radius 3 is 2.77 bits per heavy atom. The first kappa shape index (κ1) is 16.9. The molecule has 2 heterocycles. The summed E-state index contributed by atoms with van der Waals surface area (Å²) in [4.78, 5) is 12.2. The highest BCUT2D eigenvalue weighted by atomic mass is 35.5. The van der Waals surface area contributed by atoms with Crippen LogP contribution in [0.25, 0.3) is 0 Å². The molecule has 1 fully saturated rings. The number of rotatable bonds is 3. The van der Waals surface area contributed by atoms with Crippen LogP contribution in [-0.2, 0) is 0 Å². The Kier molecular flexibility index (Phi) is 5.88. The van der Waals surface area contributed by atoms with Gasteiger partial charge >= 0.3 is 0 Å². The van der Waals surface area contributed by atoms with Crippen LogP contribution >= 0.6 is 12.4 Å². The largest absolute Gasteiger partial charge is 0.490 e. The summed E-state index contributed by atoms with van der Waals surface area (Å²) in [5.74, 6) is 1.20. The molecule has 6 nitrogen and oxygen atoms in total. The van der Waals surface area contributed by atoms with Gasteiger partial charge in [-0.3, -0.25) is 4.79 Å². The average Bonchev–Trinajstić information content (AvgIpc) is 2.76. The van der Waals surface area contributed by atoms with Gasteiger partial charge in [-0.15, -0.1) is 12.4 Å². The van der Waals surface area contributed by atoms with Crippen LogP contribution in [0.5, 0.6) is 11.5 Å². The summed E-state index contributed by atoms with van der Waals surface area (Å²) in [6.07, 6.45) is 0.442. The van der Waals surface area contributed by atoms with Crippen molar-refractivity contribution in [2.75, 3.05) is 32.8 Å². The molecule has 0 spiro atoms. The van der Waals surface area contributed by atoms with Crippen molar-refractivity contribution in [1.29, 1.82) is 0 Å². The first-order chi connectivity index (χ1) is 10.2. The van der Waals surface area contributed by atoms with E-state index in [0.717, 1.165) is 13.0 Å². The van der Waals surface area contributed by atoms with E-state index in [1.165, 1.54) is 0 Å². The highest BCUT2D eigenvalue weighted by Gasteiger charge is 2.25. The predicted molar refractivity (Wildman–Crippen MR) is 84.0 cm³/mol. The van der Waals surface area contributed by atoms with Gasteiger partial charge in [0.25, 0.3) is 5.91 Å². The molecule has 0 bridgehead atoms. The van der Waals surface area contributed by atoms with Gasteiger partial charge in [-0.2, -0.15) is 0 Å². The van der Waals surface area contributed by atoms with Gasteiger partial charge in [0.2, 0.25) is 0 Å². The summed E-state index contributed by atoms with van der Waals surface area (Å²) in [5, 5.41) is 15.7. The van der Waals surface area contributed by atoms with Crippen LogP contribution in [0.2, 0.25) is 0 Å². The number of β-amino-alcohol motifs (C(OH)–C–C–N with tert-alkyl or cyclic N) is 1. The molecule has 1 aromatic carbocycles. The third-order valence-corrected chi connectivity index (χ3v) is 3.84. The van der Waals surface area contributed by atoms with Crippen molar-refractivity contribution in [2.24, 2.45) is 5.92 Å². The van der Waals surface area contributed by atoms with E-state index in [4.69, 9.17) is 9.47 Å². The van der Waals surface area contributed by atoms with Crippen LogP contribution in [0.15, 0.2) is 18.2 Å². The number of halogens is 1. The summed E-state index contributed by atoms with van der Waals surface area (Å²) in [6.45, 7) is 3.00. The summed E-state index contributed by atoms with van der Waals surface area (Å²) in [6, 6.07) is 5.20. The van der Waals surface area contributed by atoms with Crippen molar-refractivity contribution in [2.45, 2.75) is 12.5 Å². The SMILES string of the molecule is Cl.O=C(NCC1CNCC1O)c1ccc2c(c1)OCCCO2. The molecule has 3 N–H and O–H groups in total. The van der Waals surface area contributed by atoms with Gasteiger partial charge in [-0.1, -0.05) is 0 Å². The van der Waals surface area contributed by atoms with Crippen LogP contribution in [0.4, 0.5) is 0 Å². The molecule has 3 rings (SSSR count). The van der Waals surface area contributed by atoms with E-state index in [1.807, 2.05) is 0 Å². The Hall–Kier alpha value is -1.50. The first-order valence-electron chi connectivity index (χ1n) is 7.30. The van der Waals surface area contributed by atoms with Gasteiger partial charge in [0.05, 0.1) is 19.3 Å². The number of fused-ring (bicyclic) bond motifs is 1. The minimum atomic E-state index is -0.394. The van der Waals surface area contributed by atoms with E-state index in [9.17, 15) is 9.90 Å². The number of ether oxygens (including phenoxy) is 2. The Labute approximate surface area is 135 Å². The molecule has 1 aromatic rings. The van der Waals surface area contributed by atoms with Gasteiger partial charge in [-0.25, -0.2) is 0 Å². The minimum Gasteiger partial charge on any atom is -0.490 e. The molecule has 0 aromatic heterocycles. The normalized spacial score (nSPS) is 23.3. The molecular formula is C15H21ClN2O4. The Morgan fingerprint density at radius 2 is 2.05 bits per heavy atom. The molecule has 0 saturated carbocycles. The number of hydrogen-bond acceptors (Lipinski definition) is 5. The Balaban J connectivity index is 0.00000176. The predicted octanol–water partition coefficient (Wildman–Crippen LogP) is 0.580. The fourth-order valence-electron chi connectivity index (χ4n) is 2.56. The molecule has 2 unspecified atom stereocenters. The summed E-state index contributed by atoms with van der Waals surface area (Å²) < 4.78 is 11.1. The molecular weight excluding hydrogens is 308 g/mol. The lowest BCUT2D eigenvalue weighted by Gasteiger charge is -2.14. The highest BCUT2D eigenvalue weighted by Crippen LogP contribution is 2.30. The second kappa shape index (κ2) is 7.67. The maximum atomic E-state index is 12.2. The molecule has 122 valence electrons. The van der Waals surface area contributed by atoms with Crippen molar-refractivity contribution in [3.05, 3.63) is 23.8 Å². The Bertz CT molecular complexity index is 526. The average molecular weight is 329 g/mol. The van der Waals surface area contributed by atoms with E-state index in [1.54, 1.807) is 18.2 Å². The third-order valence-electron chi connectivity index (χ3n) is 3.84. The molecule has 1 saturated heterocycles. The topological polar surface area (TPSA) is 79.8 Å². The number of carbonyl (C=O) groups excluding carboxylic acids is 1. The molecule has 2 atom stereocenters. The standard InChI is InChI=1S/C15H20N2O4.ClH/c18-12-9-16-7-11(12)8-17-15(19)10-2-3-13-14(6-10)21-5-1-4-20-13;/h2-3,6,11-12,16,18H,1,4-5,7-9H2,(H,17,19);1H. The summed E-state index contributed by atoms with van der Waals surface area (Å²) in [5.41, 5.74) is 0.541. The van der Waals surface area contributed by atoms with E-state index < -0.39 is 6.10 Å². The van der Waals surface area contributed by atoms with Crippen molar-refractivity contribution in [1.82, 2.24) is 10.6 Å². The van der Waals surface area contributed by atoms with Crippen LogP contribution in [0, 0.1) is 5.92 Å². The number of amides is 1. The molecule has 0 radical (unpaired) electrons. The zero-order chi connectivity index (χ0) is 14.7. The lowest BCUT2D eigenvalue weighted by Crippen LogP contribution is -2.34. The lowest BCUT2D eigenvalue weighted by atomic mass is 10.1. The van der Waals surface area contributed by atoms with Crippen molar-refractivity contribution >= 4 is 18.3 Å². The Morgan fingerprint density at radius 1 is 1.27 bits per heavy atom. The fourth-order valence-corrected chi connectivity index (χ4v) is 2.56. The van der Waals surface area contributed by atoms with Crippen LogP contribution in [0.3, 0.4) is 0 Å². The molecule has 22 heavy (non-hydrogen) atoms. The number of hydrogen-bond donors (Lipinski definition) is 3. The van der Waals surface area contributed by atoms with Crippen molar-refractivity contribution < 1.29 is 19.4 Å². The maximum Gasteiger partial charge on any atom is 0.251 e. The molecule has 7 heteroatoms. The lowest BCUT2D eigenvalue weighted by molar-refractivity contribution is 0.0926. The van der Waals surface area contributed by atoms with E-state index >= 15 is 0 Å². The van der Waals surface area contributed by atoms with Crippen LogP contribution in [-0.4, -0.2) is 50.0 Å². The van der Waals surface area contributed by atoms with Crippen LogP contribution < -0.4 is 20.1 Å². The highest BCUT2D eigenvalue weighted by molar-refractivity contribution is 5.94. The van der Waals surface area contributed by atoms with E-state index in [-0.39, 0.29) is 24.2 Å². The fraction of sp³-hybridized carbons (Fsp3) is 0.533. The number of aliphatic hydroxyl groups excluding tert-OH is 1. The zero-order valence-corrected chi connectivity index (χ0v) is 13.0. The maximum absolute atomic E-state index is 12.2. The smallest absolute Gasteiger partial charge is 0.251 e. The van der Waals surface area contributed by atoms with Gasteiger partial charge in [0.15, 0.2) is 11.5 Å². The summed E-state index contributed by atoms with van der Waals surface area (Å²) >= 11 is 0. The molecule has 2 aliphatic rings. The van der Waals surface area contributed by atoms with Gasteiger partial charge in [0, 0.05) is 37.5 Å². The zero-order valence-electron chi connectivity index (χ0n) is 12.2. The van der Waals surface area contributed by atoms with Gasteiger partial charge < -0.3 is 25.2 Å². The number of nitrogens with one attached hydrogen (secondary N) is 2. The summed E-state index contributed by atoms with van der Waals surface area (Å²) in [7, 11) is 0. The van der Waals surface area contributed by atoms with Crippen LogP contribution in [0.1, 0.15) is 16.8 Å². The quantitative estimate of drug-likeness (QED) is 0.756. The molecule has 0 aliphatic carbocycles. The monoisotopic (exact) mass is 328 g/mol. The van der Waals surface area contributed by atoms with Crippen molar-refractivity contribution in [3.63, 3.8) is 0 Å². The first-order valence-corrected chi connectivity index (χ1v) is 7.30. The second-order valence-electron chi connectivity index (χ2n) is 5.41. The molecule has 1 amide bonds.